The highest BCUT2D eigenvalue weighted by molar-refractivity contribution is 5.95. The van der Waals surface area contributed by atoms with Crippen molar-refractivity contribution in [2.24, 2.45) is 0 Å². The average Bonchev–Trinajstić information content (AvgIpc) is 2.72. The lowest BCUT2D eigenvalue weighted by atomic mass is 10.0. The predicted molar refractivity (Wildman–Crippen MR) is 111 cm³/mol. The number of methoxy groups -OCH3 is 2. The maximum atomic E-state index is 13.1. The molecule has 2 unspecified atom stereocenters. The molecular formula is C23H30N2O3. The van der Waals surface area contributed by atoms with Gasteiger partial charge >= 0.3 is 0 Å². The Morgan fingerprint density at radius 1 is 0.964 bits per heavy atom. The molecule has 5 nitrogen and oxygen atoms in total. The molecule has 1 heterocycles. The van der Waals surface area contributed by atoms with Crippen LogP contribution in [-0.2, 0) is 6.42 Å². The van der Waals surface area contributed by atoms with Crippen LogP contribution >= 0.6 is 0 Å². The lowest BCUT2D eigenvalue weighted by molar-refractivity contribution is 0.0311. The van der Waals surface area contributed by atoms with E-state index in [1.165, 1.54) is 5.56 Å². The Morgan fingerprint density at radius 2 is 1.61 bits per heavy atom. The summed E-state index contributed by atoms with van der Waals surface area (Å²) in [6, 6.07) is 16.6. The third-order valence-electron chi connectivity index (χ3n) is 5.52. The van der Waals surface area contributed by atoms with E-state index in [0.29, 0.717) is 29.1 Å². The number of amides is 1. The van der Waals surface area contributed by atoms with Gasteiger partial charge in [0.05, 0.1) is 14.2 Å². The number of hydrogen-bond acceptors (Lipinski definition) is 4. The van der Waals surface area contributed by atoms with Crippen LogP contribution < -0.4 is 9.47 Å². The third kappa shape index (κ3) is 4.47. The second-order valence-corrected chi connectivity index (χ2v) is 7.45. The lowest BCUT2D eigenvalue weighted by Crippen LogP contribution is -2.58. The van der Waals surface area contributed by atoms with Crippen molar-refractivity contribution in [2.45, 2.75) is 32.4 Å². The van der Waals surface area contributed by atoms with Gasteiger partial charge in [0, 0.05) is 37.3 Å². The predicted octanol–water partition coefficient (Wildman–Crippen LogP) is 3.48. The zero-order chi connectivity index (χ0) is 20.1. The summed E-state index contributed by atoms with van der Waals surface area (Å²) in [5.74, 6) is 1.25. The first-order valence-corrected chi connectivity index (χ1v) is 9.84. The molecule has 0 aromatic heterocycles. The highest BCUT2D eigenvalue weighted by Crippen LogP contribution is 2.28. The second kappa shape index (κ2) is 9.11. The minimum Gasteiger partial charge on any atom is -0.493 e. The molecule has 0 bridgehead atoms. The van der Waals surface area contributed by atoms with E-state index in [2.05, 4.69) is 43.0 Å². The molecule has 1 amide bonds. The number of hydrogen-bond donors (Lipinski definition) is 0. The van der Waals surface area contributed by atoms with Gasteiger partial charge in [-0.05, 0) is 44.0 Å². The standard InChI is InChI=1S/C23H30N2O3/c1-17-15-24(23(26)20-10-11-21(27-3)22(14-20)28-4)16-18(2)25(17)13-12-19-8-6-5-7-9-19/h5-11,14,17-18H,12-13,15-16H2,1-4H3. The van der Waals surface area contributed by atoms with Crippen LogP contribution in [0.2, 0.25) is 0 Å². The van der Waals surface area contributed by atoms with Gasteiger partial charge in [-0.25, -0.2) is 0 Å². The van der Waals surface area contributed by atoms with Crippen molar-refractivity contribution in [1.82, 2.24) is 9.80 Å². The Hall–Kier alpha value is -2.53. The summed E-state index contributed by atoms with van der Waals surface area (Å²) in [5.41, 5.74) is 1.99. The van der Waals surface area contributed by atoms with Gasteiger partial charge in [0.2, 0.25) is 0 Å². The summed E-state index contributed by atoms with van der Waals surface area (Å²) in [6.07, 6.45) is 1.03. The maximum Gasteiger partial charge on any atom is 0.254 e. The number of ether oxygens (including phenoxy) is 2. The van der Waals surface area contributed by atoms with E-state index in [0.717, 1.165) is 26.1 Å². The molecule has 5 heteroatoms. The van der Waals surface area contributed by atoms with Gasteiger partial charge in [-0.15, -0.1) is 0 Å². The van der Waals surface area contributed by atoms with Gasteiger partial charge < -0.3 is 14.4 Å². The Morgan fingerprint density at radius 3 is 2.21 bits per heavy atom. The van der Waals surface area contributed by atoms with Crippen LogP contribution in [0.4, 0.5) is 0 Å². The van der Waals surface area contributed by atoms with Gasteiger partial charge in [0.15, 0.2) is 11.5 Å². The maximum absolute atomic E-state index is 13.1. The van der Waals surface area contributed by atoms with Crippen molar-refractivity contribution in [3.63, 3.8) is 0 Å². The van der Waals surface area contributed by atoms with Crippen LogP contribution in [0.5, 0.6) is 11.5 Å². The fraction of sp³-hybridized carbons (Fsp3) is 0.435. The smallest absolute Gasteiger partial charge is 0.254 e. The SMILES string of the molecule is COc1ccc(C(=O)N2CC(C)N(CCc3ccccc3)C(C)C2)cc1OC. The summed E-state index contributed by atoms with van der Waals surface area (Å²) >= 11 is 0. The van der Waals surface area contributed by atoms with E-state index in [9.17, 15) is 4.79 Å². The first kappa shape index (κ1) is 20.2. The molecule has 0 N–H and O–H groups in total. The highest BCUT2D eigenvalue weighted by atomic mass is 16.5. The van der Waals surface area contributed by atoms with Crippen LogP contribution in [0, 0.1) is 0 Å². The normalized spacial score (nSPS) is 20.1. The molecule has 0 aliphatic carbocycles. The first-order valence-electron chi connectivity index (χ1n) is 9.84. The summed E-state index contributed by atoms with van der Waals surface area (Å²) in [7, 11) is 3.18. The molecule has 28 heavy (non-hydrogen) atoms. The number of carbonyl (C=O) groups is 1. The monoisotopic (exact) mass is 382 g/mol. The Kier molecular flexibility index (Phi) is 6.57. The van der Waals surface area contributed by atoms with Crippen LogP contribution in [0.25, 0.3) is 0 Å². The summed E-state index contributed by atoms with van der Waals surface area (Å²) in [6.45, 7) is 6.87. The van der Waals surface area contributed by atoms with E-state index in [-0.39, 0.29) is 5.91 Å². The van der Waals surface area contributed by atoms with Crippen molar-refractivity contribution in [2.75, 3.05) is 33.9 Å². The molecule has 2 aromatic rings. The molecular weight excluding hydrogens is 352 g/mol. The summed E-state index contributed by atoms with van der Waals surface area (Å²) < 4.78 is 10.6. The zero-order valence-electron chi connectivity index (χ0n) is 17.2. The Bertz CT molecular complexity index is 782. The zero-order valence-corrected chi connectivity index (χ0v) is 17.2. The lowest BCUT2D eigenvalue weighted by Gasteiger charge is -2.44. The fourth-order valence-corrected chi connectivity index (χ4v) is 4.02. The minimum atomic E-state index is 0.0439. The van der Waals surface area contributed by atoms with Crippen LogP contribution in [0.15, 0.2) is 48.5 Å². The molecule has 1 aliphatic rings. The Balaban J connectivity index is 1.65. The van der Waals surface area contributed by atoms with E-state index in [1.807, 2.05) is 11.0 Å². The second-order valence-electron chi connectivity index (χ2n) is 7.45. The van der Waals surface area contributed by atoms with Gasteiger partial charge in [0.1, 0.15) is 0 Å². The van der Waals surface area contributed by atoms with Crippen molar-refractivity contribution in [3.05, 3.63) is 59.7 Å². The van der Waals surface area contributed by atoms with Gasteiger partial charge in [0.25, 0.3) is 5.91 Å². The molecule has 1 fully saturated rings. The van der Waals surface area contributed by atoms with Crippen molar-refractivity contribution in [1.29, 1.82) is 0 Å². The summed E-state index contributed by atoms with van der Waals surface area (Å²) in [4.78, 5) is 17.5. The average molecular weight is 383 g/mol. The van der Waals surface area contributed by atoms with Gasteiger partial charge in [-0.3, -0.25) is 9.69 Å². The topological polar surface area (TPSA) is 42.0 Å². The number of nitrogens with zero attached hydrogens (tertiary/aromatic N) is 2. The van der Waals surface area contributed by atoms with Crippen LogP contribution in [0.3, 0.4) is 0 Å². The molecule has 2 aromatic carbocycles. The molecule has 0 radical (unpaired) electrons. The number of benzene rings is 2. The quantitative estimate of drug-likeness (QED) is 0.767. The van der Waals surface area contributed by atoms with E-state index < -0.39 is 0 Å². The van der Waals surface area contributed by atoms with Gasteiger partial charge in [-0.1, -0.05) is 30.3 Å². The van der Waals surface area contributed by atoms with Gasteiger partial charge in [-0.2, -0.15) is 0 Å². The Labute approximate surface area is 167 Å². The largest absolute Gasteiger partial charge is 0.493 e. The van der Waals surface area contributed by atoms with Crippen molar-refractivity contribution >= 4 is 5.91 Å². The number of rotatable bonds is 6. The van der Waals surface area contributed by atoms with E-state index in [1.54, 1.807) is 32.4 Å². The number of piperazine rings is 1. The van der Waals surface area contributed by atoms with E-state index >= 15 is 0 Å². The van der Waals surface area contributed by atoms with Crippen LogP contribution in [-0.4, -0.2) is 61.6 Å². The molecule has 150 valence electrons. The minimum absolute atomic E-state index is 0.0439. The number of carbonyl (C=O) groups excluding carboxylic acids is 1. The van der Waals surface area contributed by atoms with Crippen LogP contribution in [0.1, 0.15) is 29.8 Å². The highest BCUT2D eigenvalue weighted by Gasteiger charge is 2.32. The molecule has 1 aliphatic heterocycles. The molecule has 3 rings (SSSR count). The molecule has 1 saturated heterocycles. The molecule has 0 saturated carbocycles. The van der Waals surface area contributed by atoms with Crippen molar-refractivity contribution in [3.8, 4) is 11.5 Å². The summed E-state index contributed by atoms with van der Waals surface area (Å²) in [5, 5.41) is 0. The first-order chi connectivity index (χ1) is 13.5. The molecule has 2 atom stereocenters. The van der Waals surface area contributed by atoms with E-state index in [4.69, 9.17) is 9.47 Å². The fourth-order valence-electron chi connectivity index (χ4n) is 4.02. The third-order valence-corrected chi connectivity index (χ3v) is 5.52. The molecule has 0 spiro atoms. The van der Waals surface area contributed by atoms with Crippen molar-refractivity contribution < 1.29 is 14.3 Å².